The van der Waals surface area contributed by atoms with E-state index >= 15 is 0 Å². The quantitative estimate of drug-likeness (QED) is 0.324. The second-order valence-corrected chi connectivity index (χ2v) is 9.76. The Bertz CT molecular complexity index is 697. The summed E-state index contributed by atoms with van der Waals surface area (Å²) >= 11 is 0. The minimum atomic E-state index is 0. The van der Waals surface area contributed by atoms with Gasteiger partial charge in [-0.25, -0.2) is 0 Å². The number of fused-ring (bicyclic) bond motifs is 1. The zero-order valence-electron chi connectivity index (χ0n) is 20.2. The van der Waals surface area contributed by atoms with Crippen molar-refractivity contribution in [2.45, 2.75) is 58.5 Å². The molecule has 0 bridgehead atoms. The van der Waals surface area contributed by atoms with E-state index in [9.17, 15) is 0 Å². The van der Waals surface area contributed by atoms with Crippen molar-refractivity contribution in [2.24, 2.45) is 16.8 Å². The van der Waals surface area contributed by atoms with E-state index in [-0.39, 0.29) is 24.0 Å². The molecular weight excluding hydrogens is 509 g/mol. The van der Waals surface area contributed by atoms with E-state index in [2.05, 4.69) is 64.2 Å². The first-order chi connectivity index (χ1) is 15.3. The molecule has 0 aromatic heterocycles. The Labute approximate surface area is 213 Å². The largest absolute Gasteiger partial charge is 0.357 e. The summed E-state index contributed by atoms with van der Waals surface area (Å²) in [5, 5.41) is 3.61. The van der Waals surface area contributed by atoms with Gasteiger partial charge < -0.3 is 15.1 Å². The molecular formula is C26H44IN5. The fourth-order valence-corrected chi connectivity index (χ4v) is 5.94. The Balaban J connectivity index is 0.00000289. The first-order valence-corrected chi connectivity index (χ1v) is 12.8. The van der Waals surface area contributed by atoms with Crippen LogP contribution in [0.25, 0.3) is 0 Å². The van der Waals surface area contributed by atoms with Crippen LogP contribution in [0, 0.1) is 11.8 Å². The van der Waals surface area contributed by atoms with Crippen LogP contribution >= 0.6 is 24.0 Å². The van der Waals surface area contributed by atoms with Gasteiger partial charge >= 0.3 is 0 Å². The lowest BCUT2D eigenvalue weighted by molar-refractivity contribution is 0.0372. The number of benzene rings is 1. The van der Waals surface area contributed by atoms with Crippen LogP contribution < -0.4 is 5.32 Å². The van der Waals surface area contributed by atoms with Gasteiger partial charge in [-0.1, -0.05) is 37.3 Å². The molecule has 0 aliphatic carbocycles. The minimum absolute atomic E-state index is 0. The SMILES string of the molecule is CCNC(=NCC1CCCN(CC)C1)N1CCC2C(CCCN2Cc2ccccc2)C1.I. The molecule has 3 fully saturated rings. The highest BCUT2D eigenvalue weighted by Crippen LogP contribution is 2.31. The molecule has 0 amide bonds. The van der Waals surface area contributed by atoms with Gasteiger partial charge in [0.2, 0.25) is 0 Å². The molecule has 3 saturated heterocycles. The van der Waals surface area contributed by atoms with E-state index in [1.165, 1.54) is 63.8 Å². The van der Waals surface area contributed by atoms with Gasteiger partial charge in [-0.05, 0) is 76.1 Å². The van der Waals surface area contributed by atoms with Crippen LogP contribution in [-0.4, -0.2) is 79.1 Å². The van der Waals surface area contributed by atoms with Crippen molar-refractivity contribution in [2.75, 3.05) is 52.4 Å². The van der Waals surface area contributed by atoms with Gasteiger partial charge in [0.25, 0.3) is 0 Å². The highest BCUT2D eigenvalue weighted by Gasteiger charge is 2.36. The lowest BCUT2D eigenvalue weighted by Gasteiger charge is -2.48. The topological polar surface area (TPSA) is 34.1 Å². The van der Waals surface area contributed by atoms with Gasteiger partial charge in [0.15, 0.2) is 5.96 Å². The van der Waals surface area contributed by atoms with Crippen molar-refractivity contribution < 1.29 is 0 Å². The first-order valence-electron chi connectivity index (χ1n) is 12.8. The fourth-order valence-electron chi connectivity index (χ4n) is 5.94. The van der Waals surface area contributed by atoms with Gasteiger partial charge in [-0.15, -0.1) is 24.0 Å². The number of piperidine rings is 3. The third kappa shape index (κ3) is 6.83. The molecule has 5 nitrogen and oxygen atoms in total. The normalized spacial score (nSPS) is 27.5. The van der Waals surface area contributed by atoms with Crippen LogP contribution in [0.3, 0.4) is 0 Å². The predicted octanol–water partition coefficient (Wildman–Crippen LogP) is 4.29. The fraction of sp³-hybridized carbons (Fsp3) is 0.731. The van der Waals surface area contributed by atoms with Crippen LogP contribution in [0.5, 0.6) is 0 Å². The van der Waals surface area contributed by atoms with E-state index in [1.807, 2.05) is 0 Å². The monoisotopic (exact) mass is 553 g/mol. The summed E-state index contributed by atoms with van der Waals surface area (Å²) in [4.78, 5) is 13.1. The maximum Gasteiger partial charge on any atom is 0.193 e. The van der Waals surface area contributed by atoms with Gasteiger partial charge in [0, 0.05) is 45.3 Å². The number of hydrogen-bond donors (Lipinski definition) is 1. The number of aliphatic imine (C=N–C) groups is 1. The second-order valence-electron chi connectivity index (χ2n) is 9.76. The summed E-state index contributed by atoms with van der Waals surface area (Å²) in [7, 11) is 0. The van der Waals surface area contributed by atoms with Crippen molar-refractivity contribution in [1.82, 2.24) is 20.0 Å². The number of likely N-dealkylation sites (tertiary alicyclic amines) is 3. The van der Waals surface area contributed by atoms with Gasteiger partial charge in [0.05, 0.1) is 0 Å². The van der Waals surface area contributed by atoms with E-state index in [0.717, 1.165) is 56.6 Å². The van der Waals surface area contributed by atoms with Crippen molar-refractivity contribution in [3.8, 4) is 0 Å². The Hall–Kier alpha value is -0.860. The van der Waals surface area contributed by atoms with Crippen LogP contribution in [0.15, 0.2) is 35.3 Å². The van der Waals surface area contributed by atoms with E-state index in [0.29, 0.717) is 0 Å². The molecule has 4 rings (SSSR count). The maximum absolute atomic E-state index is 5.15. The molecule has 3 aliphatic heterocycles. The Morgan fingerprint density at radius 3 is 2.59 bits per heavy atom. The van der Waals surface area contributed by atoms with E-state index in [1.54, 1.807) is 0 Å². The zero-order chi connectivity index (χ0) is 21.5. The molecule has 1 aromatic rings. The molecule has 32 heavy (non-hydrogen) atoms. The molecule has 3 atom stereocenters. The maximum atomic E-state index is 5.15. The number of halogens is 1. The molecule has 180 valence electrons. The van der Waals surface area contributed by atoms with Gasteiger partial charge in [-0.2, -0.15) is 0 Å². The minimum Gasteiger partial charge on any atom is -0.357 e. The number of nitrogens with zero attached hydrogens (tertiary/aromatic N) is 4. The van der Waals surface area contributed by atoms with Crippen molar-refractivity contribution in [3.63, 3.8) is 0 Å². The Kier molecular flexibility index (Phi) is 10.6. The number of nitrogens with one attached hydrogen (secondary N) is 1. The summed E-state index contributed by atoms with van der Waals surface area (Å²) in [6.45, 7) is 14.7. The average molecular weight is 554 g/mol. The summed E-state index contributed by atoms with van der Waals surface area (Å²) in [5.74, 6) is 2.64. The molecule has 0 radical (unpaired) electrons. The molecule has 6 heteroatoms. The van der Waals surface area contributed by atoms with Crippen molar-refractivity contribution in [1.29, 1.82) is 0 Å². The predicted molar refractivity (Wildman–Crippen MR) is 146 cm³/mol. The average Bonchev–Trinajstić information content (AvgIpc) is 2.82. The number of hydrogen-bond acceptors (Lipinski definition) is 3. The summed E-state index contributed by atoms with van der Waals surface area (Å²) < 4.78 is 0. The third-order valence-electron chi connectivity index (χ3n) is 7.60. The molecule has 3 unspecified atom stereocenters. The Morgan fingerprint density at radius 2 is 1.81 bits per heavy atom. The number of guanidine groups is 1. The summed E-state index contributed by atoms with van der Waals surface area (Å²) in [6.07, 6.45) is 6.60. The van der Waals surface area contributed by atoms with Crippen LogP contribution in [-0.2, 0) is 6.54 Å². The zero-order valence-corrected chi connectivity index (χ0v) is 22.5. The molecule has 1 aromatic carbocycles. The first kappa shape index (κ1) is 25.8. The highest BCUT2D eigenvalue weighted by molar-refractivity contribution is 14.0. The van der Waals surface area contributed by atoms with Crippen LogP contribution in [0.2, 0.25) is 0 Å². The van der Waals surface area contributed by atoms with Crippen LogP contribution in [0.4, 0.5) is 0 Å². The second kappa shape index (κ2) is 13.1. The van der Waals surface area contributed by atoms with Crippen LogP contribution in [0.1, 0.15) is 51.5 Å². The van der Waals surface area contributed by atoms with E-state index < -0.39 is 0 Å². The standard InChI is InChI=1S/C26H43N5.HI/c1-3-27-26(28-18-23-12-8-15-29(4-2)19-23)31-17-14-25-24(21-31)13-9-16-30(25)20-22-10-6-5-7-11-22;/h5-7,10-11,23-25H,3-4,8-9,12-21H2,1-2H3,(H,27,28);1H. The highest BCUT2D eigenvalue weighted by atomic mass is 127. The molecule has 1 N–H and O–H groups in total. The van der Waals surface area contributed by atoms with E-state index in [4.69, 9.17) is 4.99 Å². The molecule has 0 saturated carbocycles. The number of rotatable bonds is 6. The molecule has 3 aliphatic rings. The summed E-state index contributed by atoms with van der Waals surface area (Å²) in [6, 6.07) is 11.7. The van der Waals surface area contributed by atoms with Gasteiger partial charge in [0.1, 0.15) is 0 Å². The lowest BCUT2D eigenvalue weighted by Crippen LogP contribution is -2.56. The molecule has 0 spiro atoms. The Morgan fingerprint density at radius 1 is 1.00 bits per heavy atom. The molecule has 3 heterocycles. The smallest absolute Gasteiger partial charge is 0.193 e. The third-order valence-corrected chi connectivity index (χ3v) is 7.60. The van der Waals surface area contributed by atoms with Gasteiger partial charge in [-0.3, -0.25) is 9.89 Å². The van der Waals surface area contributed by atoms with Crippen molar-refractivity contribution in [3.05, 3.63) is 35.9 Å². The van der Waals surface area contributed by atoms with Crippen molar-refractivity contribution >= 4 is 29.9 Å². The lowest BCUT2D eigenvalue weighted by atomic mass is 9.83. The summed E-state index contributed by atoms with van der Waals surface area (Å²) in [5.41, 5.74) is 1.45.